The average molecular weight is 385 g/mol. The van der Waals surface area contributed by atoms with Gasteiger partial charge in [-0.15, -0.1) is 0 Å². The Bertz CT molecular complexity index is 64.0. The van der Waals surface area contributed by atoms with Gasteiger partial charge in [-0.05, 0) is 37.5 Å². The fourth-order valence-corrected chi connectivity index (χ4v) is 0.500. The van der Waals surface area contributed by atoms with Crippen LogP contribution < -0.4 is 0 Å². The van der Waals surface area contributed by atoms with E-state index in [4.69, 9.17) is 0 Å². The van der Waals surface area contributed by atoms with Gasteiger partial charge in [0.15, 0.2) is 0 Å². The van der Waals surface area contributed by atoms with E-state index in [1.54, 1.807) is 64.8 Å². The molecular formula is C13H36S6. The smallest absolute Gasteiger partial charge is 0.00793 e. The summed E-state index contributed by atoms with van der Waals surface area (Å²) < 4.78 is 0. The van der Waals surface area contributed by atoms with Crippen LogP contribution in [0.5, 0.6) is 0 Å². The molecule has 0 aliphatic heterocycles. The summed E-state index contributed by atoms with van der Waals surface area (Å²) in [6.45, 7) is 4.46. The van der Waals surface area contributed by atoms with Gasteiger partial charge >= 0.3 is 0 Å². The lowest BCUT2D eigenvalue weighted by Crippen LogP contribution is -1.66. The summed E-state index contributed by atoms with van der Waals surface area (Å²) in [6, 6.07) is 0. The zero-order valence-corrected chi connectivity index (χ0v) is 18.2. The molecule has 0 aliphatic rings. The maximum Gasteiger partial charge on any atom is -0.00793 e. The monoisotopic (exact) mass is 384 g/mol. The maximum atomic E-state index is 2.23. The molecule has 0 nitrogen and oxygen atoms in total. The van der Waals surface area contributed by atoms with Gasteiger partial charge in [0, 0.05) is 0 Å². The molecule has 19 heavy (non-hydrogen) atoms. The van der Waals surface area contributed by atoms with E-state index in [9.17, 15) is 0 Å². The predicted molar refractivity (Wildman–Crippen MR) is 118 cm³/mol. The molecule has 0 aromatic heterocycles. The van der Waals surface area contributed by atoms with Crippen molar-refractivity contribution in [2.45, 2.75) is 47.0 Å². The van der Waals surface area contributed by atoms with E-state index in [0.717, 1.165) is 0 Å². The molecule has 0 rings (SSSR count). The number of unbranched alkanes of at least 4 members (excludes halogenated alkanes) is 3. The van der Waals surface area contributed by atoms with Gasteiger partial charge in [-0.3, -0.25) is 0 Å². The van der Waals surface area contributed by atoms with Gasteiger partial charge in [0.25, 0.3) is 0 Å². The molecule has 0 N–H and O–H groups in total. The van der Waals surface area contributed by atoms with Crippen LogP contribution in [0.4, 0.5) is 0 Å². The van der Waals surface area contributed by atoms with Crippen LogP contribution in [0.3, 0.4) is 0 Å². The minimum Gasteiger partial charge on any atom is -0.0979 e. The highest BCUT2D eigenvalue weighted by molar-refractivity contribution is 8.76. The molecule has 0 heterocycles. The first kappa shape index (κ1) is 32.9. The van der Waals surface area contributed by atoms with Crippen molar-refractivity contribution < 1.29 is 0 Å². The zero-order valence-electron chi connectivity index (χ0n) is 13.3. The molecule has 0 unspecified atom stereocenters. The van der Waals surface area contributed by atoms with Gasteiger partial charge in [-0.1, -0.05) is 112 Å². The van der Waals surface area contributed by atoms with E-state index in [2.05, 4.69) is 51.4 Å². The molecule has 0 saturated heterocycles. The third-order valence-corrected chi connectivity index (χ3v) is 5.46. The molecule has 124 valence electrons. The van der Waals surface area contributed by atoms with Crippen molar-refractivity contribution in [1.82, 2.24) is 0 Å². The Labute approximate surface area is 148 Å². The van der Waals surface area contributed by atoms with Crippen LogP contribution in [0.2, 0.25) is 0 Å². The van der Waals surface area contributed by atoms with E-state index in [0.29, 0.717) is 0 Å². The average Bonchev–Trinajstić information content (AvgIpc) is 2.45. The predicted octanol–water partition coefficient (Wildman–Crippen LogP) is 8.10. The highest BCUT2D eigenvalue weighted by Crippen LogP contribution is 2.09. The molecule has 0 aromatic carbocycles. The topological polar surface area (TPSA) is 0 Å². The van der Waals surface area contributed by atoms with Gasteiger partial charge in [0.1, 0.15) is 0 Å². The van der Waals surface area contributed by atoms with E-state index in [-0.39, 0.29) is 7.43 Å². The zero-order chi connectivity index (χ0) is 15.1. The molecule has 0 saturated carbocycles. The Kier molecular flexibility index (Phi) is 86.7. The van der Waals surface area contributed by atoms with Gasteiger partial charge < -0.3 is 0 Å². The first-order valence-electron chi connectivity index (χ1n) is 5.86. The van der Waals surface area contributed by atoms with Crippen LogP contribution in [-0.4, -0.2) is 37.5 Å². The van der Waals surface area contributed by atoms with Gasteiger partial charge in [-0.2, -0.15) is 0 Å². The fraction of sp³-hybridized carbons (Fsp3) is 1.00. The third kappa shape index (κ3) is 100. The molecule has 6 heteroatoms. The molecule has 0 aromatic rings. The summed E-state index contributed by atoms with van der Waals surface area (Å²) in [7, 11) is 10.6. The van der Waals surface area contributed by atoms with Gasteiger partial charge in [0.2, 0.25) is 0 Å². The molecule has 0 spiro atoms. The SMILES string of the molecule is C.CCCCCC.CSSC.CSSC.CSSC. The van der Waals surface area contributed by atoms with Crippen molar-refractivity contribution >= 4 is 64.8 Å². The molecule has 0 amide bonds. The molecule has 0 aliphatic carbocycles. The van der Waals surface area contributed by atoms with Gasteiger partial charge in [-0.25, -0.2) is 0 Å². The molecule has 0 bridgehead atoms. The van der Waals surface area contributed by atoms with Crippen LogP contribution in [0.1, 0.15) is 47.0 Å². The van der Waals surface area contributed by atoms with Crippen molar-refractivity contribution in [2.75, 3.05) is 37.5 Å². The first-order chi connectivity index (χ1) is 8.66. The second-order valence-electron chi connectivity index (χ2n) is 2.71. The summed E-state index contributed by atoms with van der Waals surface area (Å²) >= 11 is 0. The number of rotatable bonds is 6. The summed E-state index contributed by atoms with van der Waals surface area (Å²) in [5.74, 6) is 0. The van der Waals surface area contributed by atoms with E-state index in [1.807, 2.05) is 0 Å². The summed E-state index contributed by atoms with van der Waals surface area (Å²) in [5.41, 5.74) is 0. The summed E-state index contributed by atoms with van der Waals surface area (Å²) in [5, 5.41) is 0. The maximum absolute atomic E-state index is 2.23. The Balaban J connectivity index is -0.0000000459. The number of hydrogen-bond acceptors (Lipinski definition) is 6. The summed E-state index contributed by atoms with van der Waals surface area (Å²) in [4.78, 5) is 0. The first-order valence-corrected chi connectivity index (χ1v) is 14.8. The Hall–Kier alpha value is 2.10. The van der Waals surface area contributed by atoms with E-state index >= 15 is 0 Å². The molecular weight excluding hydrogens is 349 g/mol. The highest BCUT2D eigenvalue weighted by Gasteiger charge is 1.75. The molecule has 0 radical (unpaired) electrons. The van der Waals surface area contributed by atoms with E-state index in [1.165, 1.54) is 25.7 Å². The van der Waals surface area contributed by atoms with Crippen LogP contribution in [0.25, 0.3) is 0 Å². The van der Waals surface area contributed by atoms with Crippen molar-refractivity contribution in [1.29, 1.82) is 0 Å². The van der Waals surface area contributed by atoms with Crippen molar-refractivity contribution in [3.05, 3.63) is 0 Å². The fourth-order valence-electron chi connectivity index (χ4n) is 0.500. The van der Waals surface area contributed by atoms with Crippen molar-refractivity contribution in [3.63, 3.8) is 0 Å². The number of hydrogen-bond donors (Lipinski definition) is 0. The highest BCUT2D eigenvalue weighted by atomic mass is 33.1. The lowest BCUT2D eigenvalue weighted by molar-refractivity contribution is 0.702. The molecule has 0 fully saturated rings. The lowest BCUT2D eigenvalue weighted by Gasteiger charge is -1.86. The second-order valence-corrected chi connectivity index (χ2v) is 10.7. The third-order valence-electron chi connectivity index (χ3n) is 1.46. The standard InChI is InChI=1S/C6H14.3C2H6S2.CH4/c1-3-5-6-4-2;3*1-3-4-2;/h3-6H2,1-2H3;3*1-2H3;1H4. The van der Waals surface area contributed by atoms with Crippen molar-refractivity contribution in [2.24, 2.45) is 0 Å². The minimum absolute atomic E-state index is 0. The molecule has 0 atom stereocenters. The Morgan fingerprint density at radius 3 is 0.684 bits per heavy atom. The quantitative estimate of drug-likeness (QED) is 0.332. The Morgan fingerprint density at radius 1 is 0.474 bits per heavy atom. The normalized spacial score (nSPS) is 7.58. The van der Waals surface area contributed by atoms with E-state index < -0.39 is 0 Å². The lowest BCUT2D eigenvalue weighted by atomic mass is 10.2. The minimum atomic E-state index is 0. The van der Waals surface area contributed by atoms with Crippen LogP contribution >= 0.6 is 64.8 Å². The van der Waals surface area contributed by atoms with Crippen LogP contribution in [0, 0.1) is 0 Å². The Morgan fingerprint density at radius 2 is 0.632 bits per heavy atom. The van der Waals surface area contributed by atoms with Crippen molar-refractivity contribution in [3.8, 4) is 0 Å². The van der Waals surface area contributed by atoms with Crippen LogP contribution in [0.15, 0.2) is 0 Å². The van der Waals surface area contributed by atoms with Gasteiger partial charge in [0.05, 0.1) is 0 Å². The second kappa shape index (κ2) is 50.1. The largest absolute Gasteiger partial charge is 0.0979 e. The van der Waals surface area contributed by atoms with Crippen LogP contribution in [-0.2, 0) is 0 Å². The summed E-state index contributed by atoms with van der Waals surface area (Å²) in [6.07, 6.45) is 17.9.